The van der Waals surface area contributed by atoms with Crippen molar-refractivity contribution in [3.8, 4) is 5.75 Å². The van der Waals surface area contributed by atoms with Crippen LogP contribution in [-0.2, 0) is 25.6 Å². The summed E-state index contributed by atoms with van der Waals surface area (Å²) in [7, 11) is 2.92. The van der Waals surface area contributed by atoms with Crippen LogP contribution in [0, 0.1) is 23.6 Å². The number of carbonyl (C=O) groups is 4. The van der Waals surface area contributed by atoms with E-state index in [9.17, 15) is 48.4 Å². The van der Waals surface area contributed by atoms with E-state index in [1.165, 1.54) is 19.0 Å². The molecule has 1 aromatic rings. The molecule has 5 atom stereocenters. The van der Waals surface area contributed by atoms with Crippen molar-refractivity contribution in [2.24, 2.45) is 23.5 Å². The fourth-order valence-electron chi connectivity index (χ4n) is 7.04. The first kappa shape index (κ1) is 29.6. The molecule has 4 aliphatic carbocycles. The summed E-state index contributed by atoms with van der Waals surface area (Å²) in [6, 6.07) is -0.465. The number of halogens is 3. The van der Waals surface area contributed by atoms with Gasteiger partial charge < -0.3 is 31.5 Å². The minimum Gasteiger partial charge on any atom is -0.508 e. The second-order valence-electron chi connectivity index (χ2n) is 11.8. The van der Waals surface area contributed by atoms with Crippen LogP contribution in [0.2, 0.25) is 0 Å². The van der Waals surface area contributed by atoms with E-state index >= 15 is 4.39 Å². The maximum atomic E-state index is 15.4. The zero-order valence-corrected chi connectivity index (χ0v) is 22.7. The Labute approximate surface area is 237 Å². The first-order chi connectivity index (χ1) is 19.5. The smallest absolute Gasteiger partial charge is 0.255 e. The highest BCUT2D eigenvalue weighted by molar-refractivity contribution is 6.24. The predicted octanol–water partition coefficient (Wildman–Crippen LogP) is 1.87. The average Bonchev–Trinajstić information content (AvgIpc) is 3.21. The van der Waals surface area contributed by atoms with Crippen molar-refractivity contribution in [1.29, 1.82) is 0 Å². The summed E-state index contributed by atoms with van der Waals surface area (Å²) in [5.74, 6) is -14.0. The Morgan fingerprint density at radius 1 is 1.19 bits per heavy atom. The number of fused-ring (bicyclic) bond motifs is 3. The molecule has 11 nitrogen and oxygen atoms in total. The number of Topliss-reactive ketones (excluding diaryl/α,β-unsaturated/α-hetero) is 2. The molecule has 0 spiro atoms. The number of alkyl halides is 2. The number of primary amides is 1. The quantitative estimate of drug-likeness (QED) is 0.219. The van der Waals surface area contributed by atoms with E-state index in [1.807, 2.05) is 0 Å². The number of anilines is 1. The predicted molar refractivity (Wildman–Crippen MR) is 140 cm³/mol. The number of ketones is 2. The summed E-state index contributed by atoms with van der Waals surface area (Å²) >= 11 is 0. The molecular weight excluding hydrogens is 563 g/mol. The first-order valence-corrected chi connectivity index (χ1v) is 13.4. The van der Waals surface area contributed by atoms with Gasteiger partial charge in [0.15, 0.2) is 17.1 Å². The molecule has 2 fully saturated rings. The third-order valence-electron chi connectivity index (χ3n) is 8.92. The fourth-order valence-corrected chi connectivity index (χ4v) is 7.04. The largest absolute Gasteiger partial charge is 0.508 e. The van der Waals surface area contributed by atoms with E-state index in [0.29, 0.717) is 0 Å². The standard InChI is InChI=1S/C28H30F3N3O8/c1-34(2)20-13-7-11-6-12-14(29)8-15(33-16(35)5-10-3-4-27(30,31)9-10)21(36)18(12)22(37)17(11)24(39)28(13,42)25(40)19(23(20)38)26(32)41/h8,10-11,13,20,36-37,40,42H,3-7,9H2,1-2H3,(H2,32,41)(H,33,35)/t10?,11-,13-,20-,28-/m0/s1. The number of likely N-dealkylation sites (N-methyl/N-ethyl adjacent to an activating group) is 1. The van der Waals surface area contributed by atoms with Gasteiger partial charge in [-0.2, -0.15) is 0 Å². The van der Waals surface area contributed by atoms with Gasteiger partial charge in [-0.1, -0.05) is 0 Å². The Bertz CT molecular complexity index is 1500. The first-order valence-electron chi connectivity index (χ1n) is 13.4. The summed E-state index contributed by atoms with van der Waals surface area (Å²) in [4.78, 5) is 52.9. The molecule has 7 N–H and O–H groups in total. The lowest BCUT2D eigenvalue weighted by Crippen LogP contribution is -2.65. The van der Waals surface area contributed by atoms with Gasteiger partial charge in [0.1, 0.15) is 22.9 Å². The van der Waals surface area contributed by atoms with Gasteiger partial charge in [0.05, 0.1) is 17.3 Å². The molecule has 0 aromatic heterocycles. The maximum absolute atomic E-state index is 15.4. The van der Waals surface area contributed by atoms with Gasteiger partial charge in [-0.15, -0.1) is 0 Å². The van der Waals surface area contributed by atoms with Crippen molar-refractivity contribution in [2.45, 2.75) is 56.1 Å². The van der Waals surface area contributed by atoms with Crippen molar-refractivity contribution in [3.63, 3.8) is 0 Å². The highest BCUT2D eigenvalue weighted by Crippen LogP contribution is 2.53. The minimum absolute atomic E-state index is 0.115. The average molecular weight is 594 g/mol. The molecule has 1 aromatic carbocycles. The Morgan fingerprint density at radius 2 is 1.86 bits per heavy atom. The van der Waals surface area contributed by atoms with Crippen LogP contribution in [-0.4, -0.2) is 80.4 Å². The number of aliphatic hydroxyl groups is 3. The van der Waals surface area contributed by atoms with Gasteiger partial charge in [-0.05, 0) is 45.2 Å². The van der Waals surface area contributed by atoms with Crippen molar-refractivity contribution < 1.29 is 52.8 Å². The van der Waals surface area contributed by atoms with Crippen molar-refractivity contribution in [2.75, 3.05) is 19.4 Å². The van der Waals surface area contributed by atoms with Crippen molar-refractivity contribution in [1.82, 2.24) is 4.90 Å². The van der Waals surface area contributed by atoms with E-state index in [0.717, 1.165) is 6.07 Å². The highest BCUT2D eigenvalue weighted by atomic mass is 19.3. The number of phenolic OH excluding ortho intramolecular Hbond substituents is 1. The number of aliphatic hydroxyl groups excluding tert-OH is 2. The van der Waals surface area contributed by atoms with Gasteiger partial charge in [0, 0.05) is 42.4 Å². The number of rotatable bonds is 5. The Balaban J connectivity index is 1.56. The van der Waals surface area contributed by atoms with Crippen molar-refractivity contribution in [3.05, 3.63) is 39.9 Å². The van der Waals surface area contributed by atoms with Crippen LogP contribution in [0.4, 0.5) is 18.9 Å². The van der Waals surface area contributed by atoms with Gasteiger partial charge in [0.25, 0.3) is 5.91 Å². The highest BCUT2D eigenvalue weighted by Gasteiger charge is 2.64. The number of nitrogens with one attached hydrogen (secondary N) is 1. The number of nitrogens with two attached hydrogens (primary N) is 1. The second-order valence-corrected chi connectivity index (χ2v) is 11.8. The molecule has 14 heteroatoms. The molecule has 4 aliphatic rings. The molecule has 5 rings (SSSR count). The molecule has 2 saturated carbocycles. The van der Waals surface area contributed by atoms with Crippen LogP contribution in [0.5, 0.6) is 5.75 Å². The van der Waals surface area contributed by atoms with Crippen LogP contribution in [0.3, 0.4) is 0 Å². The van der Waals surface area contributed by atoms with E-state index in [2.05, 4.69) is 5.32 Å². The molecular formula is C28H30F3N3O8. The molecule has 0 heterocycles. The monoisotopic (exact) mass is 593 g/mol. The lowest BCUT2D eigenvalue weighted by atomic mass is 9.57. The number of phenols is 1. The topological polar surface area (TPSA) is 190 Å². The van der Waals surface area contributed by atoms with E-state index in [4.69, 9.17) is 5.73 Å². The number of aromatic hydroxyl groups is 1. The number of hydrogen-bond acceptors (Lipinski definition) is 9. The van der Waals surface area contributed by atoms with Gasteiger partial charge in [0.2, 0.25) is 17.6 Å². The zero-order chi connectivity index (χ0) is 31.0. The fraction of sp³-hybridized carbons (Fsp3) is 0.500. The van der Waals surface area contributed by atoms with Crippen LogP contribution in [0.15, 0.2) is 23.0 Å². The molecule has 42 heavy (non-hydrogen) atoms. The van der Waals surface area contributed by atoms with Gasteiger partial charge in [-0.3, -0.25) is 24.1 Å². The van der Waals surface area contributed by atoms with Crippen molar-refractivity contribution >= 4 is 34.8 Å². The Morgan fingerprint density at radius 3 is 2.43 bits per heavy atom. The molecule has 226 valence electrons. The normalized spacial score (nSPS) is 30.3. The molecule has 0 aliphatic heterocycles. The van der Waals surface area contributed by atoms with E-state index in [-0.39, 0.29) is 37.7 Å². The van der Waals surface area contributed by atoms with Gasteiger partial charge >= 0.3 is 0 Å². The lowest BCUT2D eigenvalue weighted by molar-refractivity contribution is -0.153. The summed E-state index contributed by atoms with van der Waals surface area (Å²) in [5.41, 5.74) is -0.211. The number of hydrogen-bond donors (Lipinski definition) is 6. The second kappa shape index (κ2) is 9.83. The zero-order valence-electron chi connectivity index (χ0n) is 22.7. The third-order valence-corrected chi connectivity index (χ3v) is 8.92. The summed E-state index contributed by atoms with van der Waals surface area (Å²) in [6.45, 7) is 0. The molecule has 1 unspecified atom stereocenters. The Hall–Kier alpha value is -3.91. The van der Waals surface area contributed by atoms with Crippen LogP contribution in [0.25, 0.3) is 5.76 Å². The minimum atomic E-state index is -2.88. The van der Waals surface area contributed by atoms with Crippen LogP contribution in [0.1, 0.15) is 43.2 Å². The molecule has 0 saturated heterocycles. The van der Waals surface area contributed by atoms with E-state index in [1.54, 1.807) is 0 Å². The number of amides is 2. The summed E-state index contributed by atoms with van der Waals surface area (Å²) in [5, 5.41) is 47.0. The molecule has 2 amide bonds. The third kappa shape index (κ3) is 4.35. The molecule has 0 radical (unpaired) electrons. The summed E-state index contributed by atoms with van der Waals surface area (Å²) in [6.07, 6.45) is -1.51. The maximum Gasteiger partial charge on any atom is 0.255 e. The Kier molecular flexibility index (Phi) is 6.93. The van der Waals surface area contributed by atoms with Crippen LogP contribution < -0.4 is 11.1 Å². The van der Waals surface area contributed by atoms with E-state index < -0.39 is 111 Å². The SMILES string of the molecule is CN(C)[C@@H]1C(=O)C(C(N)=O)=C(O)[C@@]2(O)C(=O)C3=C(O)c4c(O)c(NC(=O)CC5CCC(F)(F)C5)cc(F)c4C[C@H]3C[C@@H]12. The van der Waals surface area contributed by atoms with Gasteiger partial charge in [-0.25, -0.2) is 13.2 Å². The number of carbonyl (C=O) groups excluding carboxylic acids is 4. The molecule has 0 bridgehead atoms. The number of nitrogens with zero attached hydrogens (tertiary/aromatic N) is 1. The lowest BCUT2D eigenvalue weighted by Gasteiger charge is -2.50. The summed E-state index contributed by atoms with van der Waals surface area (Å²) < 4.78 is 42.4. The number of benzene rings is 1. The van der Waals surface area contributed by atoms with Crippen LogP contribution >= 0.6 is 0 Å².